The Labute approximate surface area is 262 Å². The summed E-state index contributed by atoms with van der Waals surface area (Å²) in [7, 11) is 3.48. The molecule has 0 saturated carbocycles. The molecule has 3 heterocycles. The summed E-state index contributed by atoms with van der Waals surface area (Å²) in [6, 6.07) is 15.7. The Bertz CT molecular complexity index is 1240. The molecule has 0 unspecified atom stereocenters. The number of nitrogens with one attached hydrogen (secondary N) is 1. The number of anilines is 1. The number of piperidine rings is 1. The molecule has 0 spiro atoms. The Balaban J connectivity index is 1.23. The second-order valence-corrected chi connectivity index (χ2v) is 12.1. The van der Waals surface area contributed by atoms with Crippen molar-refractivity contribution in [1.82, 2.24) is 20.1 Å². The number of nitrogens with zero attached hydrogens (tertiary/aromatic N) is 4. The zero-order valence-corrected chi connectivity index (χ0v) is 26.5. The minimum Gasteiger partial charge on any atom is -0.490 e. The largest absolute Gasteiger partial charge is 0.490 e. The highest BCUT2D eigenvalue weighted by atomic mass is 16.5. The maximum atomic E-state index is 6.70. The van der Waals surface area contributed by atoms with Crippen LogP contribution in [0.1, 0.15) is 48.8 Å². The molecule has 0 aliphatic carbocycles. The standard InChI is InChI=1S/C34H49N5O5/c1-26(20-41-3)21-42-22-27-5-8-29(9-6-27)31-18-30(11-13-38-24-36-37-25-38)35-19-34(31)44-23-28-7-10-33-32(17-28)39(14-16-43-33)12-4-15-40-2/h5-10,17,24-26,30-31,34-35H,4,11-16,18-23H2,1-3H3/t26-,30-,31+,34-/m0/s1. The second kappa shape index (κ2) is 16.9. The summed E-state index contributed by atoms with van der Waals surface area (Å²) in [5.41, 5.74) is 4.80. The maximum absolute atomic E-state index is 6.70. The number of rotatable bonds is 17. The van der Waals surface area contributed by atoms with E-state index in [1.807, 2.05) is 4.57 Å². The average Bonchev–Trinajstić information content (AvgIpc) is 3.58. The van der Waals surface area contributed by atoms with Gasteiger partial charge in [-0.3, -0.25) is 0 Å². The van der Waals surface area contributed by atoms with E-state index in [2.05, 4.69) is 69.8 Å². The van der Waals surface area contributed by atoms with Gasteiger partial charge in [0, 0.05) is 58.3 Å². The average molecular weight is 608 g/mol. The van der Waals surface area contributed by atoms with Gasteiger partial charge in [0.25, 0.3) is 0 Å². The molecule has 10 heteroatoms. The first kappa shape index (κ1) is 32.4. The molecule has 3 aromatic rings. The Morgan fingerprint density at radius 3 is 2.59 bits per heavy atom. The molecule has 240 valence electrons. The van der Waals surface area contributed by atoms with Crippen LogP contribution < -0.4 is 15.0 Å². The molecule has 4 atom stereocenters. The van der Waals surface area contributed by atoms with E-state index >= 15 is 0 Å². The van der Waals surface area contributed by atoms with Crippen molar-refractivity contribution in [3.05, 3.63) is 71.8 Å². The van der Waals surface area contributed by atoms with Crippen LogP contribution in [0.2, 0.25) is 0 Å². The van der Waals surface area contributed by atoms with Gasteiger partial charge >= 0.3 is 0 Å². The molecule has 2 aliphatic heterocycles. The quantitative estimate of drug-likeness (QED) is 0.224. The monoisotopic (exact) mass is 607 g/mol. The molecule has 2 aliphatic rings. The summed E-state index contributed by atoms with van der Waals surface area (Å²) in [4.78, 5) is 2.40. The second-order valence-electron chi connectivity index (χ2n) is 12.1. The molecule has 0 amide bonds. The van der Waals surface area contributed by atoms with Gasteiger partial charge in [-0.2, -0.15) is 0 Å². The summed E-state index contributed by atoms with van der Waals surface area (Å²) in [5, 5.41) is 11.7. The summed E-state index contributed by atoms with van der Waals surface area (Å²) in [5.74, 6) is 1.61. The third-order valence-corrected chi connectivity index (χ3v) is 8.55. The number of aromatic nitrogens is 3. The molecule has 10 nitrogen and oxygen atoms in total. The molecule has 0 radical (unpaired) electrons. The summed E-state index contributed by atoms with van der Waals surface area (Å²) < 4.78 is 31.1. The van der Waals surface area contributed by atoms with Gasteiger partial charge in [-0.25, -0.2) is 0 Å². The van der Waals surface area contributed by atoms with Gasteiger partial charge in [0.1, 0.15) is 25.0 Å². The number of hydrogen-bond acceptors (Lipinski definition) is 9. The predicted octanol–water partition coefficient (Wildman–Crippen LogP) is 4.43. The van der Waals surface area contributed by atoms with Gasteiger partial charge in [0.05, 0.1) is 44.8 Å². The van der Waals surface area contributed by atoms with E-state index in [1.165, 1.54) is 11.1 Å². The van der Waals surface area contributed by atoms with Crippen LogP contribution in [0.25, 0.3) is 0 Å². The van der Waals surface area contributed by atoms with Crippen LogP contribution in [0.3, 0.4) is 0 Å². The lowest BCUT2D eigenvalue weighted by Crippen LogP contribution is -2.47. The van der Waals surface area contributed by atoms with Crippen LogP contribution in [-0.2, 0) is 38.7 Å². The normalized spacial score (nSPS) is 20.7. The van der Waals surface area contributed by atoms with Gasteiger partial charge < -0.3 is 38.5 Å². The third-order valence-electron chi connectivity index (χ3n) is 8.55. The molecular weight excluding hydrogens is 558 g/mol. The fourth-order valence-electron chi connectivity index (χ4n) is 6.17. The van der Waals surface area contributed by atoms with Crippen LogP contribution in [0, 0.1) is 5.92 Å². The first-order chi connectivity index (χ1) is 21.6. The highest BCUT2D eigenvalue weighted by Gasteiger charge is 2.32. The lowest BCUT2D eigenvalue weighted by atomic mass is 9.83. The molecule has 1 fully saturated rings. The van der Waals surface area contributed by atoms with Gasteiger partial charge in [-0.15, -0.1) is 10.2 Å². The number of ether oxygens (including phenoxy) is 5. The highest BCUT2D eigenvalue weighted by Crippen LogP contribution is 2.35. The van der Waals surface area contributed by atoms with Crippen LogP contribution in [0.15, 0.2) is 55.1 Å². The van der Waals surface area contributed by atoms with Crippen molar-refractivity contribution in [1.29, 1.82) is 0 Å². The van der Waals surface area contributed by atoms with Crippen molar-refractivity contribution in [2.75, 3.05) is 65.2 Å². The van der Waals surface area contributed by atoms with Crippen molar-refractivity contribution in [3.63, 3.8) is 0 Å². The number of benzene rings is 2. The van der Waals surface area contributed by atoms with E-state index in [0.717, 1.165) is 69.0 Å². The van der Waals surface area contributed by atoms with E-state index in [1.54, 1.807) is 26.9 Å². The fourth-order valence-corrected chi connectivity index (χ4v) is 6.17. The molecule has 1 aromatic heterocycles. The fraction of sp³-hybridized carbons (Fsp3) is 0.588. The van der Waals surface area contributed by atoms with Gasteiger partial charge in [-0.1, -0.05) is 37.3 Å². The Morgan fingerprint density at radius 1 is 0.977 bits per heavy atom. The van der Waals surface area contributed by atoms with E-state index in [-0.39, 0.29) is 12.0 Å². The van der Waals surface area contributed by atoms with Crippen LogP contribution in [0.5, 0.6) is 5.75 Å². The van der Waals surface area contributed by atoms with Crippen LogP contribution in [0.4, 0.5) is 5.69 Å². The lowest BCUT2D eigenvalue weighted by Gasteiger charge is -2.37. The predicted molar refractivity (Wildman–Crippen MR) is 170 cm³/mol. The molecular formula is C34H49N5O5. The number of fused-ring (bicyclic) bond motifs is 1. The maximum Gasteiger partial charge on any atom is 0.142 e. The summed E-state index contributed by atoms with van der Waals surface area (Å²) in [6.07, 6.45) is 6.63. The number of aryl methyl sites for hydroxylation is 1. The Morgan fingerprint density at radius 2 is 1.80 bits per heavy atom. The van der Waals surface area contributed by atoms with Gasteiger partial charge in [-0.05, 0) is 48.1 Å². The van der Waals surface area contributed by atoms with Crippen molar-refractivity contribution >= 4 is 5.69 Å². The van der Waals surface area contributed by atoms with E-state index in [4.69, 9.17) is 23.7 Å². The van der Waals surface area contributed by atoms with E-state index < -0.39 is 0 Å². The van der Waals surface area contributed by atoms with E-state index in [9.17, 15) is 0 Å². The smallest absolute Gasteiger partial charge is 0.142 e. The molecule has 1 saturated heterocycles. The summed E-state index contributed by atoms with van der Waals surface area (Å²) in [6.45, 7) is 9.69. The Hall–Kier alpha value is -3.02. The van der Waals surface area contributed by atoms with Crippen molar-refractivity contribution < 1.29 is 23.7 Å². The SMILES string of the molecule is COCCCN1CCOc2ccc(CO[C@H]3CN[C@@H](CCn4cnnc4)C[C@@H]3c3ccc(COC[C@@H](C)COC)cc3)cc21. The van der Waals surface area contributed by atoms with Gasteiger partial charge in [0.2, 0.25) is 0 Å². The zero-order chi connectivity index (χ0) is 30.6. The zero-order valence-electron chi connectivity index (χ0n) is 26.5. The van der Waals surface area contributed by atoms with E-state index in [0.29, 0.717) is 45.0 Å². The third kappa shape index (κ3) is 9.25. The highest BCUT2D eigenvalue weighted by molar-refractivity contribution is 5.61. The summed E-state index contributed by atoms with van der Waals surface area (Å²) >= 11 is 0. The molecule has 2 aromatic carbocycles. The van der Waals surface area contributed by atoms with Crippen LogP contribution in [-0.4, -0.2) is 87.2 Å². The molecule has 5 rings (SSSR count). The van der Waals surface area contributed by atoms with Crippen molar-refractivity contribution in [2.24, 2.45) is 5.92 Å². The van der Waals surface area contributed by atoms with Gasteiger partial charge in [0.15, 0.2) is 0 Å². The topological polar surface area (TPSA) is 92.1 Å². The minimum absolute atomic E-state index is 0.0586. The minimum atomic E-state index is 0.0586. The Kier molecular flexibility index (Phi) is 12.4. The lowest BCUT2D eigenvalue weighted by molar-refractivity contribution is 0.00196. The van der Waals surface area contributed by atoms with Crippen molar-refractivity contribution in [2.45, 2.75) is 64.0 Å². The molecule has 1 N–H and O–H groups in total. The molecule has 0 bridgehead atoms. The number of hydrogen-bond donors (Lipinski definition) is 1. The number of methoxy groups -OCH3 is 2. The first-order valence-corrected chi connectivity index (χ1v) is 16.0. The molecule has 44 heavy (non-hydrogen) atoms. The van der Waals surface area contributed by atoms with Crippen LogP contribution >= 0.6 is 0 Å². The first-order valence-electron chi connectivity index (χ1n) is 16.0. The van der Waals surface area contributed by atoms with Crippen molar-refractivity contribution in [3.8, 4) is 5.75 Å².